The zero-order valence-electron chi connectivity index (χ0n) is 10.2. The number of aliphatic hydroxyl groups excluding tert-OH is 1. The lowest BCUT2D eigenvalue weighted by molar-refractivity contribution is 0.121. The van der Waals surface area contributed by atoms with E-state index >= 15 is 0 Å². The van der Waals surface area contributed by atoms with Crippen molar-refractivity contribution < 1.29 is 5.11 Å². The Hall–Kier alpha value is -1.12. The predicted octanol–water partition coefficient (Wildman–Crippen LogP) is 2.62. The number of rotatable bonds is 6. The van der Waals surface area contributed by atoms with Gasteiger partial charge in [-0.1, -0.05) is 49.4 Å². The minimum atomic E-state index is -0.416. The van der Waals surface area contributed by atoms with Gasteiger partial charge in [-0.2, -0.15) is 0 Å². The Balaban J connectivity index is 2.55. The highest BCUT2D eigenvalue weighted by molar-refractivity contribution is 5.17. The number of aliphatic hydroxyl groups is 1. The standard InChI is InChI=1S/C14H21NO/c1-4-15(10-12(2)3)11-14(16)13-8-6-5-7-9-13/h5-9,14,16H,2,4,10-11H2,1,3H3/t14-/m0/s1. The van der Waals surface area contributed by atoms with Gasteiger partial charge in [-0.15, -0.1) is 0 Å². The zero-order valence-corrected chi connectivity index (χ0v) is 10.2. The van der Waals surface area contributed by atoms with Crippen LogP contribution in [0.2, 0.25) is 0 Å². The van der Waals surface area contributed by atoms with Crippen LogP contribution in [0.5, 0.6) is 0 Å². The van der Waals surface area contributed by atoms with Crippen LogP contribution in [0.1, 0.15) is 25.5 Å². The lowest BCUT2D eigenvalue weighted by Crippen LogP contribution is -2.29. The molecule has 0 heterocycles. The van der Waals surface area contributed by atoms with Gasteiger partial charge < -0.3 is 5.11 Å². The van der Waals surface area contributed by atoms with E-state index in [-0.39, 0.29) is 0 Å². The van der Waals surface area contributed by atoms with Gasteiger partial charge in [0.15, 0.2) is 0 Å². The molecule has 2 nitrogen and oxygen atoms in total. The van der Waals surface area contributed by atoms with Crippen molar-refractivity contribution in [2.24, 2.45) is 0 Å². The normalized spacial score (nSPS) is 12.8. The number of hydrogen-bond donors (Lipinski definition) is 1. The Bertz CT molecular complexity index is 321. The summed E-state index contributed by atoms with van der Waals surface area (Å²) >= 11 is 0. The quantitative estimate of drug-likeness (QED) is 0.743. The maximum absolute atomic E-state index is 10.1. The fourth-order valence-electron chi connectivity index (χ4n) is 1.71. The number of benzene rings is 1. The van der Waals surface area contributed by atoms with E-state index in [1.807, 2.05) is 37.3 Å². The van der Waals surface area contributed by atoms with Gasteiger partial charge in [0.1, 0.15) is 0 Å². The van der Waals surface area contributed by atoms with Crippen molar-refractivity contribution in [3.63, 3.8) is 0 Å². The number of hydrogen-bond acceptors (Lipinski definition) is 2. The molecular weight excluding hydrogens is 198 g/mol. The first-order chi connectivity index (χ1) is 7.63. The summed E-state index contributed by atoms with van der Waals surface area (Å²) in [6.45, 7) is 10.4. The van der Waals surface area contributed by atoms with Gasteiger partial charge in [0.2, 0.25) is 0 Å². The van der Waals surface area contributed by atoms with E-state index in [0.717, 1.165) is 24.2 Å². The van der Waals surface area contributed by atoms with Gasteiger partial charge in [-0.05, 0) is 19.0 Å². The second kappa shape index (κ2) is 6.46. The van der Waals surface area contributed by atoms with Crippen molar-refractivity contribution in [3.8, 4) is 0 Å². The average molecular weight is 219 g/mol. The average Bonchev–Trinajstić information content (AvgIpc) is 2.28. The lowest BCUT2D eigenvalue weighted by Gasteiger charge is -2.23. The highest BCUT2D eigenvalue weighted by atomic mass is 16.3. The molecule has 0 aliphatic rings. The van der Waals surface area contributed by atoms with E-state index in [1.165, 1.54) is 0 Å². The molecule has 2 heteroatoms. The van der Waals surface area contributed by atoms with Gasteiger partial charge in [-0.3, -0.25) is 4.90 Å². The zero-order chi connectivity index (χ0) is 12.0. The largest absolute Gasteiger partial charge is 0.387 e. The molecule has 0 aromatic heterocycles. The molecule has 0 saturated heterocycles. The van der Waals surface area contributed by atoms with Crippen molar-refractivity contribution in [1.82, 2.24) is 4.90 Å². The van der Waals surface area contributed by atoms with Crippen LogP contribution < -0.4 is 0 Å². The Kier molecular flexibility index (Phi) is 5.23. The van der Waals surface area contributed by atoms with E-state index in [1.54, 1.807) is 0 Å². The van der Waals surface area contributed by atoms with E-state index in [4.69, 9.17) is 0 Å². The lowest BCUT2D eigenvalue weighted by atomic mass is 10.1. The van der Waals surface area contributed by atoms with Gasteiger partial charge in [0, 0.05) is 13.1 Å². The van der Waals surface area contributed by atoms with Gasteiger partial charge in [-0.25, -0.2) is 0 Å². The molecule has 1 atom stereocenters. The van der Waals surface area contributed by atoms with E-state index in [2.05, 4.69) is 18.4 Å². The molecule has 0 amide bonds. The highest BCUT2D eigenvalue weighted by Gasteiger charge is 2.11. The first-order valence-corrected chi connectivity index (χ1v) is 5.73. The van der Waals surface area contributed by atoms with Crippen molar-refractivity contribution in [2.75, 3.05) is 19.6 Å². The molecule has 0 aliphatic carbocycles. The van der Waals surface area contributed by atoms with Crippen LogP contribution in [0.4, 0.5) is 0 Å². The molecule has 0 fully saturated rings. The molecule has 1 N–H and O–H groups in total. The minimum Gasteiger partial charge on any atom is -0.387 e. The van der Waals surface area contributed by atoms with Crippen molar-refractivity contribution >= 4 is 0 Å². The summed E-state index contributed by atoms with van der Waals surface area (Å²) in [4.78, 5) is 2.19. The Labute approximate surface area is 98.2 Å². The molecule has 0 unspecified atom stereocenters. The summed E-state index contributed by atoms with van der Waals surface area (Å²) in [6.07, 6.45) is -0.416. The van der Waals surface area contributed by atoms with Crippen LogP contribution >= 0.6 is 0 Å². The molecule has 1 rings (SSSR count). The Morgan fingerprint density at radius 1 is 1.38 bits per heavy atom. The van der Waals surface area contributed by atoms with Crippen LogP contribution in [-0.2, 0) is 0 Å². The fraction of sp³-hybridized carbons (Fsp3) is 0.429. The van der Waals surface area contributed by atoms with Crippen molar-refractivity contribution in [1.29, 1.82) is 0 Å². The van der Waals surface area contributed by atoms with E-state index < -0.39 is 6.10 Å². The van der Waals surface area contributed by atoms with Crippen LogP contribution in [0.3, 0.4) is 0 Å². The Morgan fingerprint density at radius 3 is 2.50 bits per heavy atom. The predicted molar refractivity (Wildman–Crippen MR) is 68.3 cm³/mol. The van der Waals surface area contributed by atoms with E-state index in [0.29, 0.717) is 6.54 Å². The third-order valence-corrected chi connectivity index (χ3v) is 2.56. The van der Waals surface area contributed by atoms with Gasteiger partial charge >= 0.3 is 0 Å². The molecule has 1 aromatic carbocycles. The molecule has 1 aromatic rings. The summed E-state index contributed by atoms with van der Waals surface area (Å²) < 4.78 is 0. The molecule has 0 aliphatic heterocycles. The summed E-state index contributed by atoms with van der Waals surface area (Å²) in [5, 5.41) is 10.1. The van der Waals surface area contributed by atoms with Crippen molar-refractivity contribution in [2.45, 2.75) is 20.0 Å². The summed E-state index contributed by atoms with van der Waals surface area (Å²) in [5.74, 6) is 0. The smallest absolute Gasteiger partial charge is 0.0917 e. The number of likely N-dealkylation sites (N-methyl/N-ethyl adjacent to an activating group) is 1. The SMILES string of the molecule is C=C(C)CN(CC)C[C@H](O)c1ccccc1. The van der Waals surface area contributed by atoms with Crippen LogP contribution in [0, 0.1) is 0 Å². The maximum atomic E-state index is 10.1. The van der Waals surface area contributed by atoms with Gasteiger partial charge in [0.05, 0.1) is 6.10 Å². The molecule has 0 bridgehead atoms. The second-order valence-corrected chi connectivity index (χ2v) is 4.21. The first kappa shape index (κ1) is 12.9. The fourth-order valence-corrected chi connectivity index (χ4v) is 1.71. The van der Waals surface area contributed by atoms with Crippen LogP contribution in [0.25, 0.3) is 0 Å². The van der Waals surface area contributed by atoms with E-state index in [9.17, 15) is 5.11 Å². The van der Waals surface area contributed by atoms with Crippen molar-refractivity contribution in [3.05, 3.63) is 48.0 Å². The third kappa shape index (κ3) is 4.17. The minimum absolute atomic E-state index is 0.416. The summed E-state index contributed by atoms with van der Waals surface area (Å²) in [7, 11) is 0. The summed E-state index contributed by atoms with van der Waals surface area (Å²) in [6, 6.07) is 9.78. The molecule has 0 saturated carbocycles. The molecular formula is C14H21NO. The summed E-state index contributed by atoms with van der Waals surface area (Å²) in [5.41, 5.74) is 2.10. The monoisotopic (exact) mass is 219 g/mol. The van der Waals surface area contributed by atoms with Crippen LogP contribution in [0.15, 0.2) is 42.5 Å². The maximum Gasteiger partial charge on any atom is 0.0917 e. The molecule has 0 radical (unpaired) electrons. The topological polar surface area (TPSA) is 23.5 Å². The first-order valence-electron chi connectivity index (χ1n) is 5.73. The molecule has 0 spiro atoms. The highest BCUT2D eigenvalue weighted by Crippen LogP contribution is 2.13. The van der Waals surface area contributed by atoms with Gasteiger partial charge in [0.25, 0.3) is 0 Å². The molecule has 88 valence electrons. The third-order valence-electron chi connectivity index (χ3n) is 2.56. The molecule has 16 heavy (non-hydrogen) atoms. The van der Waals surface area contributed by atoms with Crippen LogP contribution in [-0.4, -0.2) is 29.6 Å². The number of nitrogens with zero attached hydrogens (tertiary/aromatic N) is 1. The Morgan fingerprint density at radius 2 is 2.00 bits per heavy atom. The second-order valence-electron chi connectivity index (χ2n) is 4.21.